The minimum Gasteiger partial charge on any atom is -0.356 e. The number of Topliss-reactive ketones (excluding diaryl/α,β-unsaturated/α-hetero) is 1. The average molecular weight is 115 g/mol. The minimum absolute atomic E-state index is 0.0243. The van der Waals surface area contributed by atoms with Gasteiger partial charge in [-0.05, 0) is 6.42 Å². The highest BCUT2D eigenvalue weighted by atomic mass is 16.5. The van der Waals surface area contributed by atoms with Crippen LogP contribution in [0.1, 0.15) is 12.8 Å². The lowest BCUT2D eigenvalue weighted by Gasteiger charge is -2.16. The van der Waals surface area contributed by atoms with E-state index in [1.165, 1.54) is 0 Å². The number of carbonyl (C=O) groups is 1. The van der Waals surface area contributed by atoms with Crippen molar-refractivity contribution in [3.05, 3.63) is 0 Å². The number of hydrogen-bond donors (Lipinski definition) is 1. The summed E-state index contributed by atoms with van der Waals surface area (Å²) in [6, 6.07) is 0. The van der Waals surface area contributed by atoms with Crippen LogP contribution >= 0.6 is 0 Å². The van der Waals surface area contributed by atoms with Crippen molar-refractivity contribution in [3.8, 4) is 0 Å². The summed E-state index contributed by atoms with van der Waals surface area (Å²) in [5, 5.41) is 0. The Labute approximate surface area is 47.8 Å². The fourth-order valence-corrected chi connectivity index (χ4v) is 0.692. The first kappa shape index (κ1) is 5.72. The van der Waals surface area contributed by atoms with Crippen molar-refractivity contribution in [2.75, 3.05) is 6.61 Å². The van der Waals surface area contributed by atoms with E-state index in [0.717, 1.165) is 6.42 Å². The maximum Gasteiger partial charge on any atom is 0.176 e. The number of rotatable bonds is 0. The van der Waals surface area contributed by atoms with Crippen LogP contribution in [0.2, 0.25) is 0 Å². The van der Waals surface area contributed by atoms with Gasteiger partial charge in [0.15, 0.2) is 12.0 Å². The Morgan fingerprint density at radius 3 is 2.88 bits per heavy atom. The zero-order valence-corrected chi connectivity index (χ0v) is 4.59. The zero-order valence-electron chi connectivity index (χ0n) is 4.59. The van der Waals surface area contributed by atoms with E-state index in [-0.39, 0.29) is 5.78 Å². The molecule has 0 spiro atoms. The highest BCUT2D eigenvalue weighted by Crippen LogP contribution is 2.03. The predicted octanol–water partition coefficient (Wildman–Crippen LogP) is -0.349. The highest BCUT2D eigenvalue weighted by Gasteiger charge is 2.17. The van der Waals surface area contributed by atoms with Crippen molar-refractivity contribution in [1.82, 2.24) is 0 Å². The van der Waals surface area contributed by atoms with Gasteiger partial charge in [0.2, 0.25) is 0 Å². The lowest BCUT2D eigenvalue weighted by molar-refractivity contribution is -0.135. The molecule has 0 bridgehead atoms. The van der Waals surface area contributed by atoms with Gasteiger partial charge in [-0.2, -0.15) is 0 Å². The molecule has 3 heteroatoms. The third kappa shape index (κ3) is 1.05. The number of ketones is 1. The van der Waals surface area contributed by atoms with Crippen molar-refractivity contribution in [3.63, 3.8) is 0 Å². The summed E-state index contributed by atoms with van der Waals surface area (Å²) in [6.45, 7) is 0.632. The summed E-state index contributed by atoms with van der Waals surface area (Å²) in [5.41, 5.74) is 5.21. The van der Waals surface area contributed by atoms with Crippen LogP contribution in [0.25, 0.3) is 0 Å². The van der Waals surface area contributed by atoms with Crippen LogP contribution in [-0.2, 0) is 9.53 Å². The molecule has 1 unspecified atom stereocenters. The van der Waals surface area contributed by atoms with Crippen molar-refractivity contribution in [1.29, 1.82) is 0 Å². The summed E-state index contributed by atoms with van der Waals surface area (Å²) in [6.07, 6.45) is 0.775. The van der Waals surface area contributed by atoms with Gasteiger partial charge in [-0.3, -0.25) is 10.5 Å². The molecule has 1 rings (SSSR count). The van der Waals surface area contributed by atoms with E-state index in [9.17, 15) is 4.79 Å². The molecule has 8 heavy (non-hydrogen) atoms. The van der Waals surface area contributed by atoms with Crippen molar-refractivity contribution in [2.24, 2.45) is 5.73 Å². The lowest BCUT2D eigenvalue weighted by Crippen LogP contribution is -2.37. The molecule has 0 radical (unpaired) electrons. The molecule has 46 valence electrons. The fourth-order valence-electron chi connectivity index (χ4n) is 0.692. The monoisotopic (exact) mass is 115 g/mol. The number of carbonyl (C=O) groups excluding carboxylic acids is 1. The summed E-state index contributed by atoms with van der Waals surface area (Å²) in [5.74, 6) is 0.0243. The molecule has 0 aliphatic carbocycles. The van der Waals surface area contributed by atoms with E-state index >= 15 is 0 Å². The summed E-state index contributed by atoms with van der Waals surface area (Å²) < 4.78 is 4.82. The van der Waals surface area contributed by atoms with E-state index in [4.69, 9.17) is 10.5 Å². The Morgan fingerprint density at radius 2 is 2.50 bits per heavy atom. The van der Waals surface area contributed by atoms with Crippen LogP contribution in [0.4, 0.5) is 0 Å². The maximum atomic E-state index is 10.5. The Hall–Kier alpha value is -0.410. The summed E-state index contributed by atoms with van der Waals surface area (Å²) >= 11 is 0. The van der Waals surface area contributed by atoms with Gasteiger partial charge in [0.25, 0.3) is 0 Å². The maximum absolute atomic E-state index is 10.5. The van der Waals surface area contributed by atoms with Crippen LogP contribution < -0.4 is 5.73 Å². The standard InChI is InChI=1S/C5H9NO2/c6-5-4(7)2-1-3-8-5/h5H,1-3,6H2. The van der Waals surface area contributed by atoms with E-state index in [1.807, 2.05) is 0 Å². The third-order valence-corrected chi connectivity index (χ3v) is 1.18. The van der Waals surface area contributed by atoms with E-state index in [2.05, 4.69) is 0 Å². The first-order valence-electron chi connectivity index (χ1n) is 2.70. The van der Waals surface area contributed by atoms with Crippen molar-refractivity contribution < 1.29 is 9.53 Å². The molecule has 0 aromatic carbocycles. The highest BCUT2D eigenvalue weighted by molar-refractivity contribution is 5.82. The van der Waals surface area contributed by atoms with Gasteiger partial charge in [-0.15, -0.1) is 0 Å². The van der Waals surface area contributed by atoms with Gasteiger partial charge in [0.05, 0.1) is 0 Å². The van der Waals surface area contributed by atoms with Gasteiger partial charge in [-0.25, -0.2) is 0 Å². The first-order valence-corrected chi connectivity index (χ1v) is 2.70. The number of nitrogens with two attached hydrogens (primary N) is 1. The predicted molar refractivity (Wildman–Crippen MR) is 28.2 cm³/mol. The second-order valence-electron chi connectivity index (χ2n) is 1.86. The van der Waals surface area contributed by atoms with E-state index in [1.54, 1.807) is 0 Å². The van der Waals surface area contributed by atoms with Gasteiger partial charge in [-0.1, -0.05) is 0 Å². The molecule has 1 heterocycles. The topological polar surface area (TPSA) is 52.3 Å². The second kappa shape index (κ2) is 2.24. The van der Waals surface area contributed by atoms with Crippen LogP contribution in [0.5, 0.6) is 0 Å². The van der Waals surface area contributed by atoms with Crippen molar-refractivity contribution in [2.45, 2.75) is 19.1 Å². The largest absolute Gasteiger partial charge is 0.356 e. The molecule has 1 fully saturated rings. The summed E-state index contributed by atoms with van der Waals surface area (Å²) in [7, 11) is 0. The Balaban J connectivity index is 2.39. The smallest absolute Gasteiger partial charge is 0.176 e. The molecule has 0 saturated carbocycles. The molecular formula is C5H9NO2. The zero-order chi connectivity index (χ0) is 5.98. The van der Waals surface area contributed by atoms with Gasteiger partial charge in [0.1, 0.15) is 0 Å². The first-order chi connectivity index (χ1) is 3.80. The van der Waals surface area contributed by atoms with E-state index in [0.29, 0.717) is 13.0 Å². The molecule has 1 aliphatic rings. The van der Waals surface area contributed by atoms with Gasteiger partial charge < -0.3 is 4.74 Å². The van der Waals surface area contributed by atoms with Crippen molar-refractivity contribution >= 4 is 5.78 Å². The van der Waals surface area contributed by atoms with Crippen LogP contribution in [-0.4, -0.2) is 18.6 Å². The summed E-state index contributed by atoms with van der Waals surface area (Å²) in [4.78, 5) is 10.5. The lowest BCUT2D eigenvalue weighted by atomic mass is 10.2. The SMILES string of the molecule is NC1OCCCC1=O. The van der Waals surface area contributed by atoms with Crippen LogP contribution in [0.15, 0.2) is 0 Å². The quantitative estimate of drug-likeness (QED) is 0.469. The fraction of sp³-hybridized carbons (Fsp3) is 0.800. The molecule has 1 aliphatic heterocycles. The van der Waals surface area contributed by atoms with Crippen LogP contribution in [0.3, 0.4) is 0 Å². The average Bonchev–Trinajstić information content (AvgIpc) is 1.77. The Morgan fingerprint density at radius 1 is 1.75 bits per heavy atom. The second-order valence-corrected chi connectivity index (χ2v) is 1.86. The van der Waals surface area contributed by atoms with E-state index < -0.39 is 6.23 Å². The Bertz CT molecular complexity index is 103. The normalized spacial score (nSPS) is 30.6. The van der Waals surface area contributed by atoms with Gasteiger partial charge >= 0.3 is 0 Å². The molecular weight excluding hydrogens is 106 g/mol. The minimum atomic E-state index is -0.635. The molecule has 2 N–H and O–H groups in total. The molecule has 1 saturated heterocycles. The molecule has 0 aromatic rings. The number of hydrogen-bond acceptors (Lipinski definition) is 3. The molecule has 0 aromatic heterocycles. The Kier molecular flexibility index (Phi) is 1.60. The van der Waals surface area contributed by atoms with Gasteiger partial charge in [0, 0.05) is 13.0 Å². The van der Waals surface area contributed by atoms with Crippen LogP contribution in [0, 0.1) is 0 Å². The molecule has 0 amide bonds. The number of ether oxygens (including phenoxy) is 1. The molecule has 1 atom stereocenters. The molecule has 3 nitrogen and oxygen atoms in total. The third-order valence-electron chi connectivity index (χ3n) is 1.18.